The first-order chi connectivity index (χ1) is 8.30. The van der Waals surface area contributed by atoms with Gasteiger partial charge in [0.2, 0.25) is 0 Å². The Morgan fingerprint density at radius 3 is 2.39 bits per heavy atom. The van der Waals surface area contributed by atoms with E-state index >= 15 is 0 Å². The van der Waals surface area contributed by atoms with Crippen molar-refractivity contribution in [3.63, 3.8) is 0 Å². The minimum atomic E-state index is -0.179. The minimum absolute atomic E-state index is 0.0202. The average molecular weight is 255 g/mol. The largest absolute Gasteiger partial charge is 0.393 e. The first-order valence-electron chi connectivity index (χ1n) is 7.71. The van der Waals surface area contributed by atoms with Crippen LogP contribution in [0.5, 0.6) is 0 Å². The highest BCUT2D eigenvalue weighted by molar-refractivity contribution is 4.76. The van der Waals surface area contributed by atoms with Gasteiger partial charge in [-0.05, 0) is 56.0 Å². The lowest BCUT2D eigenvalue weighted by Crippen LogP contribution is -2.33. The Balaban J connectivity index is 2.32. The quantitative estimate of drug-likeness (QED) is 0.830. The van der Waals surface area contributed by atoms with Crippen molar-refractivity contribution in [2.45, 2.75) is 66.4 Å². The molecule has 1 saturated heterocycles. The molecular weight excluding hydrogens is 222 g/mol. The lowest BCUT2D eigenvalue weighted by molar-refractivity contribution is 0.0458. The number of hydrogen-bond donors (Lipinski definition) is 1. The molecule has 2 heteroatoms. The predicted molar refractivity (Wildman–Crippen MR) is 78.7 cm³/mol. The van der Waals surface area contributed by atoms with E-state index in [1.54, 1.807) is 0 Å². The molecule has 1 aliphatic rings. The summed E-state index contributed by atoms with van der Waals surface area (Å²) in [5.41, 5.74) is 0.0202. The number of nitrogens with zero attached hydrogens (tertiary/aromatic N) is 1. The second-order valence-corrected chi connectivity index (χ2v) is 7.45. The molecule has 2 unspecified atom stereocenters. The summed E-state index contributed by atoms with van der Waals surface area (Å²) in [5.74, 6) is 1.73. The Kier molecular flexibility index (Phi) is 6.13. The first-order valence-corrected chi connectivity index (χ1v) is 7.71. The van der Waals surface area contributed by atoms with E-state index in [0.29, 0.717) is 0 Å². The van der Waals surface area contributed by atoms with Crippen molar-refractivity contribution in [2.24, 2.45) is 17.3 Å². The summed E-state index contributed by atoms with van der Waals surface area (Å²) in [4.78, 5) is 2.55. The summed E-state index contributed by atoms with van der Waals surface area (Å²) in [5, 5.41) is 10.1. The third kappa shape index (κ3) is 5.27. The van der Waals surface area contributed by atoms with Crippen LogP contribution in [-0.4, -0.2) is 35.7 Å². The molecule has 108 valence electrons. The molecule has 1 heterocycles. The highest BCUT2D eigenvalue weighted by atomic mass is 16.3. The van der Waals surface area contributed by atoms with Crippen molar-refractivity contribution in [1.82, 2.24) is 4.90 Å². The standard InChI is InChI=1S/C16H33NO/c1-13(2)14-7-6-10-17(11-8-14)12-9-15(18)16(3,4)5/h13-15,18H,6-12H2,1-5H3. The Bertz CT molecular complexity index is 232. The van der Waals surface area contributed by atoms with E-state index in [2.05, 4.69) is 39.5 Å². The monoisotopic (exact) mass is 255 g/mol. The SMILES string of the molecule is CC(C)C1CCCN(CCC(O)C(C)(C)C)CC1. The van der Waals surface area contributed by atoms with Crippen molar-refractivity contribution < 1.29 is 5.11 Å². The third-order valence-electron chi connectivity index (χ3n) is 4.53. The number of rotatable bonds is 4. The highest BCUT2D eigenvalue weighted by Crippen LogP contribution is 2.26. The fourth-order valence-electron chi connectivity index (χ4n) is 2.81. The molecule has 2 nitrogen and oxygen atoms in total. The van der Waals surface area contributed by atoms with Crippen LogP contribution in [0, 0.1) is 17.3 Å². The van der Waals surface area contributed by atoms with Gasteiger partial charge in [-0.1, -0.05) is 34.6 Å². The van der Waals surface area contributed by atoms with Gasteiger partial charge in [-0.15, -0.1) is 0 Å². The molecule has 0 spiro atoms. The molecule has 0 amide bonds. The Hall–Kier alpha value is -0.0800. The molecule has 2 atom stereocenters. The number of aliphatic hydroxyl groups excluding tert-OH is 1. The normalized spacial score (nSPS) is 25.2. The predicted octanol–water partition coefficient (Wildman–Crippen LogP) is 3.54. The van der Waals surface area contributed by atoms with Gasteiger partial charge >= 0.3 is 0 Å². The van der Waals surface area contributed by atoms with Gasteiger partial charge in [0.15, 0.2) is 0 Å². The fraction of sp³-hybridized carbons (Fsp3) is 1.00. The molecule has 0 aliphatic carbocycles. The second kappa shape index (κ2) is 6.91. The van der Waals surface area contributed by atoms with Crippen LogP contribution >= 0.6 is 0 Å². The molecule has 0 saturated carbocycles. The van der Waals surface area contributed by atoms with Crippen molar-refractivity contribution in [3.05, 3.63) is 0 Å². The second-order valence-electron chi connectivity index (χ2n) is 7.45. The van der Waals surface area contributed by atoms with Gasteiger partial charge in [0.25, 0.3) is 0 Å². The lowest BCUT2D eigenvalue weighted by atomic mass is 9.87. The molecule has 18 heavy (non-hydrogen) atoms. The van der Waals surface area contributed by atoms with Gasteiger partial charge in [0.1, 0.15) is 0 Å². The number of aliphatic hydroxyl groups is 1. The van der Waals surface area contributed by atoms with Gasteiger partial charge in [-0.25, -0.2) is 0 Å². The van der Waals surface area contributed by atoms with Gasteiger partial charge in [-0.2, -0.15) is 0 Å². The fourth-order valence-corrected chi connectivity index (χ4v) is 2.81. The van der Waals surface area contributed by atoms with Gasteiger partial charge < -0.3 is 10.0 Å². The molecule has 1 N–H and O–H groups in total. The Labute approximate surface area is 114 Å². The highest BCUT2D eigenvalue weighted by Gasteiger charge is 2.24. The van der Waals surface area contributed by atoms with E-state index < -0.39 is 0 Å². The average Bonchev–Trinajstić information content (AvgIpc) is 2.49. The topological polar surface area (TPSA) is 23.5 Å². The van der Waals surface area contributed by atoms with Crippen molar-refractivity contribution in [2.75, 3.05) is 19.6 Å². The molecule has 0 radical (unpaired) electrons. The summed E-state index contributed by atoms with van der Waals surface area (Å²) in [6.07, 6.45) is 4.78. The van der Waals surface area contributed by atoms with Crippen molar-refractivity contribution in [1.29, 1.82) is 0 Å². The summed E-state index contributed by atoms with van der Waals surface area (Å²) in [7, 11) is 0. The van der Waals surface area contributed by atoms with Crippen LogP contribution in [0.4, 0.5) is 0 Å². The van der Waals surface area contributed by atoms with E-state index in [9.17, 15) is 5.11 Å². The van der Waals surface area contributed by atoms with E-state index in [1.807, 2.05) is 0 Å². The Morgan fingerprint density at radius 2 is 1.83 bits per heavy atom. The van der Waals surface area contributed by atoms with Crippen LogP contribution in [-0.2, 0) is 0 Å². The Morgan fingerprint density at radius 1 is 1.17 bits per heavy atom. The van der Waals surface area contributed by atoms with Crippen LogP contribution in [0.2, 0.25) is 0 Å². The number of likely N-dealkylation sites (tertiary alicyclic amines) is 1. The smallest absolute Gasteiger partial charge is 0.0600 e. The van der Waals surface area contributed by atoms with Crippen molar-refractivity contribution in [3.8, 4) is 0 Å². The van der Waals surface area contributed by atoms with Gasteiger partial charge in [-0.3, -0.25) is 0 Å². The lowest BCUT2D eigenvalue weighted by Gasteiger charge is -2.28. The number of hydrogen-bond acceptors (Lipinski definition) is 2. The maximum Gasteiger partial charge on any atom is 0.0600 e. The van der Waals surface area contributed by atoms with Gasteiger partial charge in [0.05, 0.1) is 6.10 Å². The maximum absolute atomic E-state index is 10.1. The van der Waals surface area contributed by atoms with Crippen LogP contribution in [0.25, 0.3) is 0 Å². The molecule has 0 aromatic carbocycles. The molecule has 0 aromatic heterocycles. The summed E-state index contributed by atoms with van der Waals surface area (Å²) in [6, 6.07) is 0. The van der Waals surface area contributed by atoms with Crippen molar-refractivity contribution >= 4 is 0 Å². The molecule has 0 bridgehead atoms. The zero-order chi connectivity index (χ0) is 13.8. The minimum Gasteiger partial charge on any atom is -0.393 e. The van der Waals surface area contributed by atoms with Crippen LogP contribution < -0.4 is 0 Å². The van der Waals surface area contributed by atoms with Crippen LogP contribution in [0.3, 0.4) is 0 Å². The molecule has 0 aromatic rings. The summed E-state index contributed by atoms with van der Waals surface area (Å²) < 4.78 is 0. The molecular formula is C16H33NO. The van der Waals surface area contributed by atoms with E-state index in [1.165, 1.54) is 32.4 Å². The zero-order valence-corrected chi connectivity index (χ0v) is 13.1. The molecule has 1 fully saturated rings. The first kappa shape index (κ1) is 16.0. The van der Waals surface area contributed by atoms with E-state index in [-0.39, 0.29) is 11.5 Å². The summed E-state index contributed by atoms with van der Waals surface area (Å²) >= 11 is 0. The maximum atomic E-state index is 10.1. The molecule has 1 aliphatic heterocycles. The van der Waals surface area contributed by atoms with Gasteiger partial charge in [0, 0.05) is 6.54 Å². The summed E-state index contributed by atoms with van der Waals surface area (Å²) in [6.45, 7) is 14.6. The zero-order valence-electron chi connectivity index (χ0n) is 13.1. The van der Waals surface area contributed by atoms with Crippen LogP contribution in [0.1, 0.15) is 60.3 Å². The van der Waals surface area contributed by atoms with E-state index in [4.69, 9.17) is 0 Å². The third-order valence-corrected chi connectivity index (χ3v) is 4.53. The molecule has 1 rings (SSSR count). The van der Waals surface area contributed by atoms with E-state index in [0.717, 1.165) is 24.8 Å². The van der Waals surface area contributed by atoms with Crippen LogP contribution in [0.15, 0.2) is 0 Å².